The van der Waals surface area contributed by atoms with Gasteiger partial charge in [0.15, 0.2) is 0 Å². The first-order chi connectivity index (χ1) is 19.7. The number of barbiturate groups is 1. The van der Waals surface area contributed by atoms with Crippen LogP contribution >= 0.6 is 0 Å². The second-order valence-corrected chi connectivity index (χ2v) is 12.2. The van der Waals surface area contributed by atoms with E-state index >= 15 is 0 Å². The van der Waals surface area contributed by atoms with E-state index in [0.29, 0.717) is 17.0 Å². The van der Waals surface area contributed by atoms with Gasteiger partial charge in [0.05, 0.1) is 10.6 Å². The second-order valence-electron chi connectivity index (χ2n) is 12.2. The number of imide groups is 2. The van der Waals surface area contributed by atoms with E-state index in [1.807, 2.05) is 12.1 Å². The SMILES string of the molecule is Cc1ccc([N+](=O)[O-])cc1-c1ccc(/C=C2\C(=O)NC(=O)N(c3ccc(C45CC6CC(CC(C6)C4)C5)cc3)C2=O)o1. The van der Waals surface area contributed by atoms with Crippen LogP contribution in [0, 0.1) is 34.8 Å². The van der Waals surface area contributed by atoms with Crippen molar-refractivity contribution < 1.29 is 23.7 Å². The van der Waals surface area contributed by atoms with Crippen molar-refractivity contribution in [2.75, 3.05) is 4.90 Å². The molecule has 1 aromatic heterocycles. The summed E-state index contributed by atoms with van der Waals surface area (Å²) in [5, 5.41) is 13.5. The molecule has 1 saturated heterocycles. The standard InChI is InChI=1S/C32H29N3O6/c1-18-2-5-24(35(39)40)13-26(18)28-9-8-25(41-28)14-27-29(36)33-31(38)34(30(27)37)23-6-3-22(4-7-23)32-15-19-10-20(16-32)12-21(11-19)17-32/h2-9,13-14,19-21H,10-12,15-17H2,1H3,(H,33,36,38)/b27-14+. The number of urea groups is 1. The number of hydrogen-bond acceptors (Lipinski definition) is 6. The van der Waals surface area contributed by atoms with Crippen molar-refractivity contribution in [2.24, 2.45) is 17.8 Å². The average molecular weight is 552 g/mol. The molecule has 208 valence electrons. The molecule has 5 aliphatic rings. The minimum absolute atomic E-state index is 0.0768. The topological polar surface area (TPSA) is 123 Å². The summed E-state index contributed by atoms with van der Waals surface area (Å²) < 4.78 is 5.85. The molecule has 4 bridgehead atoms. The Hall–Kier alpha value is -4.53. The van der Waals surface area contributed by atoms with Gasteiger partial charge in [-0.2, -0.15) is 0 Å². The van der Waals surface area contributed by atoms with Gasteiger partial charge in [0.1, 0.15) is 17.1 Å². The molecule has 0 atom stereocenters. The monoisotopic (exact) mass is 551 g/mol. The van der Waals surface area contributed by atoms with Crippen LogP contribution in [0.3, 0.4) is 0 Å². The highest BCUT2D eigenvalue weighted by atomic mass is 16.6. The van der Waals surface area contributed by atoms with E-state index in [4.69, 9.17) is 4.42 Å². The molecule has 0 radical (unpaired) electrons. The highest BCUT2D eigenvalue weighted by Crippen LogP contribution is 2.60. The van der Waals surface area contributed by atoms with Gasteiger partial charge in [-0.15, -0.1) is 0 Å². The summed E-state index contributed by atoms with van der Waals surface area (Å²) in [5.41, 5.74) is 2.84. The van der Waals surface area contributed by atoms with Crippen molar-refractivity contribution in [2.45, 2.75) is 50.9 Å². The zero-order valence-corrected chi connectivity index (χ0v) is 22.6. The Bertz CT molecular complexity index is 1610. The largest absolute Gasteiger partial charge is 0.457 e. The molecule has 2 heterocycles. The Morgan fingerprint density at radius 1 is 0.951 bits per heavy atom. The zero-order chi connectivity index (χ0) is 28.5. The molecule has 4 amide bonds. The van der Waals surface area contributed by atoms with Crippen molar-refractivity contribution >= 4 is 35.3 Å². The van der Waals surface area contributed by atoms with Crippen LogP contribution in [0.2, 0.25) is 0 Å². The predicted octanol–water partition coefficient (Wildman–Crippen LogP) is 6.30. The van der Waals surface area contributed by atoms with Crippen LogP contribution in [-0.4, -0.2) is 22.8 Å². The summed E-state index contributed by atoms with van der Waals surface area (Å²) in [6.45, 7) is 1.80. The minimum Gasteiger partial charge on any atom is -0.457 e. The molecule has 0 unspecified atom stereocenters. The third-order valence-electron chi connectivity index (χ3n) is 9.49. The number of carbonyl (C=O) groups is 3. The number of nitrogens with one attached hydrogen (secondary N) is 1. The number of anilines is 1. The fraction of sp³-hybridized carbons (Fsp3) is 0.344. The van der Waals surface area contributed by atoms with E-state index in [2.05, 4.69) is 5.32 Å². The van der Waals surface area contributed by atoms with Gasteiger partial charge in [0, 0.05) is 17.7 Å². The molecular formula is C32H29N3O6. The van der Waals surface area contributed by atoms with E-state index in [-0.39, 0.29) is 22.4 Å². The first kappa shape index (κ1) is 25.4. The fourth-order valence-corrected chi connectivity index (χ4v) is 8.03. The molecule has 41 heavy (non-hydrogen) atoms. The van der Waals surface area contributed by atoms with Gasteiger partial charge in [-0.1, -0.05) is 18.2 Å². The van der Waals surface area contributed by atoms with Gasteiger partial charge in [-0.05, 0) is 110 Å². The van der Waals surface area contributed by atoms with Gasteiger partial charge in [-0.3, -0.25) is 25.0 Å². The summed E-state index contributed by atoms with van der Waals surface area (Å²) >= 11 is 0. The number of nitrogens with zero attached hydrogens (tertiary/aromatic N) is 2. The van der Waals surface area contributed by atoms with Gasteiger partial charge in [-0.25, -0.2) is 9.69 Å². The van der Waals surface area contributed by atoms with Crippen LogP contribution in [0.4, 0.5) is 16.2 Å². The molecule has 1 aliphatic heterocycles. The Labute approximate surface area is 236 Å². The average Bonchev–Trinajstić information content (AvgIpc) is 3.39. The summed E-state index contributed by atoms with van der Waals surface area (Å²) in [6, 6.07) is 14.5. The number of benzene rings is 2. The maximum Gasteiger partial charge on any atom is 0.335 e. The zero-order valence-electron chi connectivity index (χ0n) is 22.6. The first-order valence-electron chi connectivity index (χ1n) is 14.1. The number of nitro benzene ring substituents is 1. The Morgan fingerprint density at radius 2 is 1.61 bits per heavy atom. The molecular weight excluding hydrogens is 522 g/mol. The van der Waals surface area contributed by atoms with Crippen LogP contribution in [0.1, 0.15) is 55.4 Å². The summed E-state index contributed by atoms with van der Waals surface area (Å²) in [7, 11) is 0. The second kappa shape index (κ2) is 9.26. The Balaban J connectivity index is 1.15. The van der Waals surface area contributed by atoms with Crippen LogP contribution in [0.15, 0.2) is 64.6 Å². The van der Waals surface area contributed by atoms with Crippen molar-refractivity contribution in [1.29, 1.82) is 0 Å². The van der Waals surface area contributed by atoms with Crippen molar-refractivity contribution in [3.05, 3.63) is 87.2 Å². The van der Waals surface area contributed by atoms with Crippen LogP contribution in [0.5, 0.6) is 0 Å². The lowest BCUT2D eigenvalue weighted by Gasteiger charge is -2.57. The van der Waals surface area contributed by atoms with E-state index in [0.717, 1.165) is 28.2 Å². The van der Waals surface area contributed by atoms with Crippen molar-refractivity contribution in [3.8, 4) is 11.3 Å². The highest BCUT2D eigenvalue weighted by molar-refractivity contribution is 6.39. The van der Waals surface area contributed by atoms with Crippen LogP contribution in [0.25, 0.3) is 17.4 Å². The molecule has 0 spiro atoms. The third kappa shape index (κ3) is 4.27. The highest BCUT2D eigenvalue weighted by Gasteiger charge is 2.51. The van der Waals surface area contributed by atoms with Gasteiger partial charge < -0.3 is 4.42 Å². The van der Waals surface area contributed by atoms with E-state index in [9.17, 15) is 24.5 Å². The quantitative estimate of drug-likeness (QED) is 0.172. The van der Waals surface area contributed by atoms with Crippen LogP contribution < -0.4 is 10.2 Å². The molecule has 3 aromatic rings. The molecule has 9 nitrogen and oxygen atoms in total. The van der Waals surface area contributed by atoms with E-state index in [1.54, 1.807) is 37.3 Å². The number of rotatable bonds is 5. The normalized spacial score (nSPS) is 27.9. The van der Waals surface area contributed by atoms with Crippen molar-refractivity contribution in [1.82, 2.24) is 5.32 Å². The number of carbonyl (C=O) groups excluding carboxylic acids is 3. The molecule has 9 heteroatoms. The Kier molecular flexibility index (Phi) is 5.74. The number of aryl methyl sites for hydroxylation is 1. The molecule has 4 aliphatic carbocycles. The minimum atomic E-state index is -0.814. The van der Waals surface area contributed by atoms with E-state index in [1.165, 1.54) is 62.3 Å². The smallest absolute Gasteiger partial charge is 0.335 e. The van der Waals surface area contributed by atoms with Gasteiger partial charge in [0.25, 0.3) is 17.5 Å². The van der Waals surface area contributed by atoms with E-state index < -0.39 is 22.8 Å². The lowest BCUT2D eigenvalue weighted by molar-refractivity contribution is -0.384. The molecule has 8 rings (SSSR count). The number of furan rings is 1. The van der Waals surface area contributed by atoms with Gasteiger partial charge in [0.2, 0.25) is 0 Å². The number of hydrogen-bond donors (Lipinski definition) is 1. The number of nitro groups is 1. The first-order valence-corrected chi connectivity index (χ1v) is 14.1. The fourth-order valence-electron chi connectivity index (χ4n) is 8.03. The van der Waals surface area contributed by atoms with Gasteiger partial charge >= 0.3 is 6.03 Å². The molecule has 1 N–H and O–H groups in total. The molecule has 2 aromatic carbocycles. The number of non-ortho nitro benzene ring substituents is 1. The summed E-state index contributed by atoms with van der Waals surface area (Å²) in [5.74, 6) is 1.41. The maximum atomic E-state index is 13.5. The third-order valence-corrected chi connectivity index (χ3v) is 9.49. The lowest BCUT2D eigenvalue weighted by atomic mass is 9.48. The predicted molar refractivity (Wildman–Crippen MR) is 151 cm³/mol. The summed E-state index contributed by atoms with van der Waals surface area (Å²) in [6.07, 6.45) is 8.98. The molecule has 5 fully saturated rings. The lowest BCUT2D eigenvalue weighted by Crippen LogP contribution is -2.54. The Morgan fingerprint density at radius 3 is 2.24 bits per heavy atom. The van der Waals surface area contributed by atoms with Crippen molar-refractivity contribution in [3.63, 3.8) is 0 Å². The summed E-state index contributed by atoms with van der Waals surface area (Å²) in [4.78, 5) is 50.7. The maximum absolute atomic E-state index is 13.5. The molecule has 4 saturated carbocycles. The number of amides is 4. The van der Waals surface area contributed by atoms with Crippen LogP contribution in [-0.2, 0) is 15.0 Å².